The summed E-state index contributed by atoms with van der Waals surface area (Å²) < 4.78 is 38.1. The summed E-state index contributed by atoms with van der Waals surface area (Å²) in [4.78, 5) is 7.93. The van der Waals surface area contributed by atoms with E-state index in [9.17, 15) is 13.2 Å². The zero-order chi connectivity index (χ0) is 26.8. The zero-order valence-corrected chi connectivity index (χ0v) is 23.2. The Balaban J connectivity index is 1.82. The summed E-state index contributed by atoms with van der Waals surface area (Å²) >= 11 is 3.54. The van der Waals surface area contributed by atoms with Gasteiger partial charge in [-0.15, -0.1) is 22.7 Å². The van der Waals surface area contributed by atoms with Crippen LogP contribution in [0.15, 0.2) is 47.6 Å². The molecule has 0 saturated heterocycles. The van der Waals surface area contributed by atoms with Crippen LogP contribution in [0.3, 0.4) is 0 Å². The summed E-state index contributed by atoms with van der Waals surface area (Å²) in [5.41, 5.74) is 7.17. The molecule has 0 radical (unpaired) electrons. The fourth-order valence-electron chi connectivity index (χ4n) is 4.10. The van der Waals surface area contributed by atoms with Gasteiger partial charge in [0.05, 0.1) is 11.4 Å². The van der Waals surface area contributed by atoms with Crippen LogP contribution in [0.25, 0.3) is 20.2 Å². The van der Waals surface area contributed by atoms with Crippen LogP contribution < -0.4 is 5.73 Å². The Kier molecular flexibility index (Phi) is 10.9. The second kappa shape index (κ2) is 13.9. The molecule has 37 heavy (non-hydrogen) atoms. The van der Waals surface area contributed by atoms with Crippen LogP contribution >= 0.6 is 22.7 Å². The number of halogens is 3. The van der Waals surface area contributed by atoms with Crippen molar-refractivity contribution in [3.63, 3.8) is 0 Å². The number of unbranched alkanes of at least 4 members (excludes halogenated alkanes) is 6. The molecule has 0 amide bonds. The Hall–Kier alpha value is -2.45. The van der Waals surface area contributed by atoms with Gasteiger partial charge in [-0.05, 0) is 72.5 Å². The van der Waals surface area contributed by atoms with Crippen molar-refractivity contribution in [2.75, 3.05) is 0 Å². The van der Waals surface area contributed by atoms with Crippen LogP contribution in [0.4, 0.5) is 13.2 Å². The molecule has 0 aliphatic rings. The molecule has 0 saturated carbocycles. The van der Waals surface area contributed by atoms with Gasteiger partial charge < -0.3 is 5.73 Å². The average Bonchev–Trinajstić information content (AvgIpc) is 3.51. The number of hydrogen-bond acceptors (Lipinski definition) is 5. The SMILES string of the molecule is CCCCCCc1csc(-c2sc(-c3ccc(C(=N)C=C(N)C(F)(F)F)nc3)cc2CCCCCC)c1. The maximum Gasteiger partial charge on any atom is 0.430 e. The molecule has 0 aliphatic carbocycles. The van der Waals surface area contributed by atoms with Gasteiger partial charge in [0.15, 0.2) is 0 Å². The maximum absolute atomic E-state index is 12.7. The number of thiophene rings is 2. The van der Waals surface area contributed by atoms with Crippen molar-refractivity contribution in [3.8, 4) is 20.2 Å². The molecule has 3 nitrogen and oxygen atoms in total. The summed E-state index contributed by atoms with van der Waals surface area (Å²) in [7, 11) is 0. The number of nitrogens with two attached hydrogens (primary N) is 1. The highest BCUT2D eigenvalue weighted by molar-refractivity contribution is 7.23. The largest absolute Gasteiger partial charge is 0.430 e. The van der Waals surface area contributed by atoms with E-state index in [4.69, 9.17) is 11.1 Å². The lowest BCUT2D eigenvalue weighted by molar-refractivity contribution is -0.0925. The quantitative estimate of drug-likeness (QED) is 0.156. The van der Waals surface area contributed by atoms with Gasteiger partial charge in [-0.2, -0.15) is 13.2 Å². The van der Waals surface area contributed by atoms with Crippen molar-refractivity contribution < 1.29 is 13.2 Å². The van der Waals surface area contributed by atoms with Gasteiger partial charge in [-0.25, -0.2) is 0 Å². The van der Waals surface area contributed by atoms with Gasteiger partial charge in [0, 0.05) is 26.4 Å². The lowest BCUT2D eigenvalue weighted by atomic mass is 10.0. The van der Waals surface area contributed by atoms with Gasteiger partial charge in [0.25, 0.3) is 0 Å². The van der Waals surface area contributed by atoms with Crippen LogP contribution in [0.5, 0.6) is 0 Å². The third-order valence-electron chi connectivity index (χ3n) is 6.26. The zero-order valence-electron chi connectivity index (χ0n) is 21.6. The van der Waals surface area contributed by atoms with Crippen molar-refractivity contribution in [2.24, 2.45) is 5.73 Å². The van der Waals surface area contributed by atoms with E-state index in [0.29, 0.717) is 6.08 Å². The molecule has 0 spiro atoms. The number of nitrogens with one attached hydrogen (secondary N) is 1. The van der Waals surface area contributed by atoms with Gasteiger partial charge >= 0.3 is 6.18 Å². The molecule has 0 atom stereocenters. The Labute approximate surface area is 226 Å². The second-order valence-electron chi connectivity index (χ2n) is 9.35. The van der Waals surface area contributed by atoms with Gasteiger partial charge in [0.2, 0.25) is 0 Å². The first-order valence-electron chi connectivity index (χ1n) is 13.0. The van der Waals surface area contributed by atoms with Crippen molar-refractivity contribution >= 4 is 28.4 Å². The van der Waals surface area contributed by atoms with Crippen molar-refractivity contribution in [3.05, 3.63) is 64.4 Å². The number of aryl methyl sites for hydroxylation is 2. The average molecular weight is 548 g/mol. The fourth-order valence-corrected chi connectivity index (χ4v) is 6.40. The predicted octanol–water partition coefficient (Wildman–Crippen LogP) is 9.56. The first kappa shape index (κ1) is 29.1. The molecule has 3 N–H and O–H groups in total. The Bertz CT molecular complexity index is 1170. The summed E-state index contributed by atoms with van der Waals surface area (Å²) in [5, 5.41) is 10.2. The molecule has 0 unspecified atom stereocenters. The van der Waals surface area contributed by atoms with E-state index in [1.165, 1.54) is 65.8 Å². The molecule has 3 heterocycles. The van der Waals surface area contributed by atoms with E-state index in [2.05, 4.69) is 36.3 Å². The molecule has 8 heteroatoms. The molecule has 0 fully saturated rings. The molecule has 3 aromatic rings. The van der Waals surface area contributed by atoms with Crippen LogP contribution in [0.1, 0.15) is 82.0 Å². The summed E-state index contributed by atoms with van der Waals surface area (Å²) in [6, 6.07) is 7.97. The number of allylic oxidation sites excluding steroid dienone is 2. The Morgan fingerprint density at radius 3 is 2.30 bits per heavy atom. The Morgan fingerprint density at radius 2 is 1.68 bits per heavy atom. The van der Waals surface area contributed by atoms with E-state index < -0.39 is 11.9 Å². The maximum atomic E-state index is 12.7. The second-order valence-corrected chi connectivity index (χ2v) is 11.3. The molecule has 3 rings (SSSR count). The molecule has 200 valence electrons. The summed E-state index contributed by atoms with van der Waals surface area (Å²) in [6.07, 6.45) is 9.52. The third-order valence-corrected chi connectivity index (χ3v) is 8.64. The number of rotatable bonds is 14. The highest BCUT2D eigenvalue weighted by Gasteiger charge is 2.31. The van der Waals surface area contributed by atoms with Crippen LogP contribution in [0.2, 0.25) is 0 Å². The van der Waals surface area contributed by atoms with Crippen LogP contribution in [-0.4, -0.2) is 16.9 Å². The number of pyridine rings is 1. The summed E-state index contributed by atoms with van der Waals surface area (Å²) in [5.74, 6) is 0. The first-order valence-corrected chi connectivity index (χ1v) is 14.7. The van der Waals surface area contributed by atoms with Crippen molar-refractivity contribution in [2.45, 2.75) is 84.2 Å². The van der Waals surface area contributed by atoms with E-state index in [0.717, 1.165) is 29.7 Å². The van der Waals surface area contributed by atoms with Crippen molar-refractivity contribution in [1.29, 1.82) is 5.41 Å². The first-order chi connectivity index (χ1) is 17.7. The summed E-state index contributed by atoms with van der Waals surface area (Å²) in [6.45, 7) is 4.44. The molecular formula is C29H36F3N3S2. The monoisotopic (exact) mass is 547 g/mol. The standard InChI is InChI=1S/C29H36F3N3S2/c1-3-5-7-9-11-20-15-26(36-19-20)28-21(12-10-8-6-4-2)16-25(37-28)22-13-14-24(35-18-22)23(33)17-27(34)29(30,31)32/h13-19,33H,3-12,34H2,1-2H3. The van der Waals surface area contributed by atoms with Gasteiger partial charge in [0.1, 0.15) is 5.70 Å². The molecule has 0 aromatic carbocycles. The smallest absolute Gasteiger partial charge is 0.395 e. The third kappa shape index (κ3) is 8.54. The van der Waals surface area contributed by atoms with E-state index in [1.807, 2.05) is 6.07 Å². The minimum atomic E-state index is -4.66. The molecule has 0 aliphatic heterocycles. The molecular weight excluding hydrogens is 511 g/mol. The Morgan fingerprint density at radius 1 is 0.973 bits per heavy atom. The minimum Gasteiger partial charge on any atom is -0.395 e. The number of nitrogens with zero attached hydrogens (tertiary/aromatic N) is 1. The topological polar surface area (TPSA) is 62.8 Å². The highest BCUT2D eigenvalue weighted by Crippen LogP contribution is 2.41. The predicted molar refractivity (Wildman–Crippen MR) is 152 cm³/mol. The lowest BCUT2D eigenvalue weighted by Gasteiger charge is -2.06. The highest BCUT2D eigenvalue weighted by atomic mass is 32.1. The fraction of sp³-hybridized carbons (Fsp3) is 0.448. The van der Waals surface area contributed by atoms with Crippen LogP contribution in [0, 0.1) is 5.41 Å². The lowest BCUT2D eigenvalue weighted by Crippen LogP contribution is -2.20. The number of hydrogen-bond donors (Lipinski definition) is 2. The number of alkyl halides is 3. The molecule has 3 aromatic heterocycles. The van der Waals surface area contributed by atoms with Crippen LogP contribution in [-0.2, 0) is 12.8 Å². The normalized spacial score (nSPS) is 12.3. The van der Waals surface area contributed by atoms with Gasteiger partial charge in [-0.3, -0.25) is 10.4 Å². The minimum absolute atomic E-state index is 0.151. The van der Waals surface area contributed by atoms with E-state index in [1.54, 1.807) is 34.9 Å². The van der Waals surface area contributed by atoms with E-state index >= 15 is 0 Å². The van der Waals surface area contributed by atoms with Gasteiger partial charge in [-0.1, -0.05) is 52.4 Å². The van der Waals surface area contributed by atoms with E-state index in [-0.39, 0.29) is 11.4 Å². The van der Waals surface area contributed by atoms with Crippen molar-refractivity contribution in [1.82, 2.24) is 4.98 Å². The number of aromatic nitrogens is 1. The molecule has 0 bridgehead atoms.